The lowest BCUT2D eigenvalue weighted by atomic mass is 9.82. The Morgan fingerprint density at radius 3 is 2.31 bits per heavy atom. The molecule has 0 spiro atoms. The fourth-order valence-electron chi connectivity index (χ4n) is 3.60. The van der Waals surface area contributed by atoms with Gasteiger partial charge < -0.3 is 19.4 Å². The van der Waals surface area contributed by atoms with Gasteiger partial charge in [0.05, 0.1) is 5.56 Å². The number of aliphatic carboxylic acids is 1. The van der Waals surface area contributed by atoms with Crippen LogP contribution >= 0.6 is 0 Å². The van der Waals surface area contributed by atoms with Crippen LogP contribution in [0.2, 0.25) is 0 Å². The highest BCUT2D eigenvalue weighted by molar-refractivity contribution is 5.90. The van der Waals surface area contributed by atoms with E-state index in [9.17, 15) is 27.9 Å². The van der Waals surface area contributed by atoms with Crippen LogP contribution in [0, 0.1) is 11.7 Å². The molecule has 29 heavy (non-hydrogen) atoms. The number of hydrogen-bond donors (Lipinski definition) is 0. The van der Waals surface area contributed by atoms with Gasteiger partial charge >= 0.3 is 11.9 Å². The number of alkyl halides is 2. The minimum atomic E-state index is -4.38. The molecule has 5 nitrogen and oxygen atoms in total. The maximum absolute atomic E-state index is 14.5. The number of carboxylic acids is 1. The van der Waals surface area contributed by atoms with E-state index in [0.717, 1.165) is 38.2 Å². The van der Waals surface area contributed by atoms with E-state index < -0.39 is 41.3 Å². The highest BCUT2D eigenvalue weighted by Gasteiger charge is 2.46. The number of carbonyl (C=O) groups excluding carboxylic acids is 2. The second kappa shape index (κ2) is 9.05. The van der Waals surface area contributed by atoms with Gasteiger partial charge in [0, 0.05) is 0 Å². The van der Waals surface area contributed by atoms with Gasteiger partial charge in [-0.15, -0.1) is 0 Å². The van der Waals surface area contributed by atoms with Crippen molar-refractivity contribution in [1.29, 1.82) is 0 Å². The highest BCUT2D eigenvalue weighted by atomic mass is 19.3. The minimum absolute atomic E-state index is 0.0224. The third-order valence-corrected chi connectivity index (χ3v) is 5.37. The summed E-state index contributed by atoms with van der Waals surface area (Å²) < 4.78 is 52.7. The predicted molar refractivity (Wildman–Crippen MR) is 97.1 cm³/mol. The Labute approximate surface area is 168 Å². The number of ether oxygens (including phenoxy) is 2. The molecule has 1 aromatic rings. The molecule has 0 aliphatic heterocycles. The lowest BCUT2D eigenvalue weighted by Gasteiger charge is -2.37. The summed E-state index contributed by atoms with van der Waals surface area (Å²) in [5, 5.41) is 10.7. The SMILES string of the molecule is CCC1(Oc2ccc(C(=O)OC(C(C)C)C(F)(F)C(=O)[O-])cc2F)CCCCC1. The number of halogens is 3. The summed E-state index contributed by atoms with van der Waals surface area (Å²) in [6.45, 7) is 4.53. The Bertz CT molecular complexity index is 742. The average Bonchev–Trinajstić information content (AvgIpc) is 2.67. The van der Waals surface area contributed by atoms with Crippen LogP contribution in [0.25, 0.3) is 0 Å². The number of carboxylic acid groups (broad SMARTS) is 1. The van der Waals surface area contributed by atoms with E-state index in [1.54, 1.807) is 0 Å². The molecule has 0 radical (unpaired) electrons. The van der Waals surface area contributed by atoms with Gasteiger partial charge in [-0.3, -0.25) is 0 Å². The standard InChI is InChI=1S/C21H27F3O5/c1-4-20(10-6-5-7-11-20)29-16-9-8-14(12-15(16)22)18(25)28-17(13(2)3)21(23,24)19(26)27/h8-9,12-13,17H,4-7,10-11H2,1-3H3,(H,26,27)/p-1. The van der Waals surface area contributed by atoms with Crippen molar-refractivity contribution < 1.29 is 37.3 Å². The Kier molecular flexibility index (Phi) is 7.19. The van der Waals surface area contributed by atoms with Gasteiger partial charge in [0.15, 0.2) is 17.7 Å². The Balaban J connectivity index is 2.18. The molecule has 2 rings (SSSR count). The van der Waals surface area contributed by atoms with Gasteiger partial charge in [-0.25, -0.2) is 9.18 Å². The molecule has 0 heterocycles. The van der Waals surface area contributed by atoms with Crippen molar-refractivity contribution in [1.82, 2.24) is 0 Å². The van der Waals surface area contributed by atoms with Crippen LogP contribution < -0.4 is 9.84 Å². The van der Waals surface area contributed by atoms with E-state index in [0.29, 0.717) is 6.42 Å². The third-order valence-electron chi connectivity index (χ3n) is 5.37. The lowest BCUT2D eigenvalue weighted by Crippen LogP contribution is -2.53. The van der Waals surface area contributed by atoms with E-state index >= 15 is 0 Å². The Hall–Kier alpha value is -2.25. The molecule has 1 saturated carbocycles. The molecule has 1 fully saturated rings. The molecule has 1 aromatic carbocycles. The highest BCUT2D eigenvalue weighted by Crippen LogP contribution is 2.36. The number of hydrogen-bond acceptors (Lipinski definition) is 5. The summed E-state index contributed by atoms with van der Waals surface area (Å²) in [5.41, 5.74) is -0.774. The molecule has 162 valence electrons. The molecule has 0 N–H and O–H groups in total. The van der Waals surface area contributed by atoms with Crippen molar-refractivity contribution in [2.24, 2.45) is 5.92 Å². The van der Waals surface area contributed by atoms with E-state index in [2.05, 4.69) is 0 Å². The first kappa shape index (κ1) is 23.0. The third kappa shape index (κ3) is 5.22. The van der Waals surface area contributed by atoms with Gasteiger partial charge in [0.1, 0.15) is 11.6 Å². The van der Waals surface area contributed by atoms with Crippen molar-refractivity contribution in [2.45, 2.75) is 76.9 Å². The molecular weight excluding hydrogens is 389 g/mol. The summed E-state index contributed by atoms with van der Waals surface area (Å²) in [5.74, 6) is -10.1. The average molecular weight is 415 g/mol. The van der Waals surface area contributed by atoms with Crippen LogP contribution in [0.3, 0.4) is 0 Å². The zero-order chi connectivity index (χ0) is 21.8. The van der Waals surface area contributed by atoms with Gasteiger partial charge in [-0.2, -0.15) is 8.78 Å². The Morgan fingerprint density at radius 2 is 1.83 bits per heavy atom. The van der Waals surface area contributed by atoms with Crippen LogP contribution in [0.1, 0.15) is 69.7 Å². The molecule has 0 bridgehead atoms. The molecule has 0 aromatic heterocycles. The quantitative estimate of drug-likeness (QED) is 0.603. The van der Waals surface area contributed by atoms with Gasteiger partial charge in [0.2, 0.25) is 0 Å². The molecule has 0 saturated heterocycles. The fourth-order valence-corrected chi connectivity index (χ4v) is 3.60. The van der Waals surface area contributed by atoms with Crippen LogP contribution in [-0.4, -0.2) is 29.6 Å². The minimum Gasteiger partial charge on any atom is -0.544 e. The number of rotatable bonds is 8. The molecule has 1 aliphatic rings. The van der Waals surface area contributed by atoms with Crippen LogP contribution in [0.15, 0.2) is 18.2 Å². The van der Waals surface area contributed by atoms with E-state index in [-0.39, 0.29) is 11.3 Å². The summed E-state index contributed by atoms with van der Waals surface area (Å²) in [7, 11) is 0. The van der Waals surface area contributed by atoms with Crippen LogP contribution in [0.4, 0.5) is 13.2 Å². The van der Waals surface area contributed by atoms with Crippen molar-refractivity contribution >= 4 is 11.9 Å². The monoisotopic (exact) mass is 415 g/mol. The topological polar surface area (TPSA) is 75.7 Å². The van der Waals surface area contributed by atoms with E-state index in [1.807, 2.05) is 6.92 Å². The normalized spacial score (nSPS) is 17.6. The predicted octanol–water partition coefficient (Wildman–Crippen LogP) is 3.88. The number of benzene rings is 1. The van der Waals surface area contributed by atoms with Crippen molar-refractivity contribution in [3.05, 3.63) is 29.6 Å². The Morgan fingerprint density at radius 1 is 1.21 bits per heavy atom. The lowest BCUT2D eigenvalue weighted by molar-refractivity contribution is -0.337. The summed E-state index contributed by atoms with van der Waals surface area (Å²) >= 11 is 0. The van der Waals surface area contributed by atoms with Crippen LogP contribution in [0.5, 0.6) is 5.75 Å². The smallest absolute Gasteiger partial charge is 0.338 e. The molecule has 1 aliphatic carbocycles. The maximum atomic E-state index is 14.5. The van der Waals surface area contributed by atoms with Crippen LogP contribution in [-0.2, 0) is 9.53 Å². The second-order valence-electron chi connectivity index (χ2n) is 7.82. The summed E-state index contributed by atoms with van der Waals surface area (Å²) in [6.07, 6.45) is 3.16. The zero-order valence-electron chi connectivity index (χ0n) is 16.8. The molecule has 0 amide bonds. The fraction of sp³-hybridized carbons (Fsp3) is 0.619. The van der Waals surface area contributed by atoms with Crippen molar-refractivity contribution in [2.75, 3.05) is 0 Å². The zero-order valence-corrected chi connectivity index (χ0v) is 16.8. The second-order valence-corrected chi connectivity index (χ2v) is 7.82. The molecule has 8 heteroatoms. The number of carbonyl (C=O) groups is 2. The van der Waals surface area contributed by atoms with E-state index in [1.165, 1.54) is 26.0 Å². The summed E-state index contributed by atoms with van der Waals surface area (Å²) in [4.78, 5) is 22.9. The molecule has 1 atom stereocenters. The summed E-state index contributed by atoms with van der Waals surface area (Å²) in [6, 6.07) is 3.32. The first-order chi connectivity index (χ1) is 13.5. The first-order valence-electron chi connectivity index (χ1n) is 9.81. The van der Waals surface area contributed by atoms with Gasteiger partial charge in [-0.1, -0.05) is 27.2 Å². The first-order valence-corrected chi connectivity index (χ1v) is 9.81. The molecule has 1 unspecified atom stereocenters. The maximum Gasteiger partial charge on any atom is 0.338 e. The largest absolute Gasteiger partial charge is 0.544 e. The van der Waals surface area contributed by atoms with Gasteiger partial charge in [-0.05, 0) is 56.2 Å². The van der Waals surface area contributed by atoms with Crippen molar-refractivity contribution in [3.8, 4) is 5.75 Å². The van der Waals surface area contributed by atoms with E-state index in [4.69, 9.17) is 9.47 Å². The molecular formula is C21H26F3O5-. The number of esters is 1. The van der Waals surface area contributed by atoms with Gasteiger partial charge in [0.25, 0.3) is 0 Å². The van der Waals surface area contributed by atoms with Crippen molar-refractivity contribution in [3.63, 3.8) is 0 Å².